The molecule has 2 amide bonds. The zero-order valence-corrected chi connectivity index (χ0v) is 16.4. The van der Waals surface area contributed by atoms with Gasteiger partial charge in [0.2, 0.25) is 11.8 Å². The van der Waals surface area contributed by atoms with E-state index in [0.717, 1.165) is 45.7 Å². The van der Waals surface area contributed by atoms with E-state index in [-0.39, 0.29) is 42.7 Å². The molecule has 0 radical (unpaired) electrons. The molecule has 2 aliphatic rings. The fraction of sp³-hybridized carbons (Fsp3) is 0.875. The largest absolute Gasteiger partial charge is 0.353 e. The first-order valence-electron chi connectivity index (χ1n) is 8.55. The number of carbonyl (C=O) groups excluding carboxylic acids is 2. The Kier molecular flexibility index (Phi) is 11.6. The topological polar surface area (TPSA) is 64.7 Å². The molecule has 0 aromatic heterocycles. The number of nitrogens with one attached hydrogen (secondary N) is 2. The zero-order chi connectivity index (χ0) is 15.9. The molecule has 2 fully saturated rings. The van der Waals surface area contributed by atoms with E-state index in [9.17, 15) is 9.59 Å². The molecule has 2 N–H and O–H groups in total. The lowest BCUT2D eigenvalue weighted by molar-refractivity contribution is -0.133. The molecule has 0 spiro atoms. The maximum absolute atomic E-state index is 12.2. The predicted octanol–water partition coefficient (Wildman–Crippen LogP) is 0.889. The minimum absolute atomic E-state index is 0. The van der Waals surface area contributed by atoms with Crippen LogP contribution in [0.5, 0.6) is 0 Å². The Balaban J connectivity index is 0.00000264. The van der Waals surface area contributed by atoms with Crippen molar-refractivity contribution in [2.45, 2.75) is 39.2 Å². The van der Waals surface area contributed by atoms with Crippen molar-refractivity contribution in [1.82, 2.24) is 20.4 Å². The van der Waals surface area contributed by atoms with Gasteiger partial charge >= 0.3 is 0 Å². The molecule has 2 saturated heterocycles. The van der Waals surface area contributed by atoms with Crippen LogP contribution in [0.15, 0.2) is 0 Å². The lowest BCUT2D eigenvalue weighted by Crippen LogP contribution is -2.51. The molecule has 1 atom stereocenters. The quantitative estimate of drug-likeness (QED) is 0.715. The summed E-state index contributed by atoms with van der Waals surface area (Å²) in [4.78, 5) is 28.1. The summed E-state index contributed by atoms with van der Waals surface area (Å²) in [5.74, 6) is 1.02. The lowest BCUT2D eigenvalue weighted by atomic mass is 10.0. The minimum atomic E-state index is 0. The first kappa shape index (κ1) is 23.4. The van der Waals surface area contributed by atoms with E-state index in [1.54, 1.807) is 0 Å². The van der Waals surface area contributed by atoms with Crippen LogP contribution in [0.25, 0.3) is 0 Å². The van der Waals surface area contributed by atoms with Gasteiger partial charge in [0.1, 0.15) is 0 Å². The van der Waals surface area contributed by atoms with E-state index in [1.807, 2.05) is 18.7 Å². The van der Waals surface area contributed by atoms with Crippen molar-refractivity contribution < 1.29 is 9.59 Å². The highest BCUT2D eigenvalue weighted by atomic mass is 35.5. The van der Waals surface area contributed by atoms with E-state index in [0.29, 0.717) is 18.9 Å². The lowest BCUT2D eigenvalue weighted by Gasteiger charge is -2.34. The molecule has 0 aromatic carbocycles. The van der Waals surface area contributed by atoms with Gasteiger partial charge in [-0.3, -0.25) is 14.5 Å². The normalized spacial score (nSPS) is 21.1. The van der Waals surface area contributed by atoms with Gasteiger partial charge in [-0.25, -0.2) is 0 Å². The van der Waals surface area contributed by atoms with E-state index in [2.05, 4.69) is 15.5 Å². The SMILES string of the molecule is CC(C)NC(=O)CN1CCN(C(=O)CCC2CCNC2)CC1.Cl.Cl. The summed E-state index contributed by atoms with van der Waals surface area (Å²) in [5.41, 5.74) is 0. The minimum Gasteiger partial charge on any atom is -0.353 e. The maximum Gasteiger partial charge on any atom is 0.234 e. The van der Waals surface area contributed by atoms with E-state index in [1.165, 1.54) is 6.42 Å². The van der Waals surface area contributed by atoms with Gasteiger partial charge in [0, 0.05) is 38.6 Å². The summed E-state index contributed by atoms with van der Waals surface area (Å²) < 4.78 is 0. The van der Waals surface area contributed by atoms with Gasteiger partial charge in [-0.15, -0.1) is 24.8 Å². The third kappa shape index (κ3) is 8.01. The second kappa shape index (κ2) is 11.9. The number of hydrogen-bond donors (Lipinski definition) is 2. The number of rotatable bonds is 6. The van der Waals surface area contributed by atoms with Crippen LogP contribution in [0.4, 0.5) is 0 Å². The number of piperazine rings is 1. The summed E-state index contributed by atoms with van der Waals surface area (Å²) in [5, 5.41) is 6.25. The molecule has 0 saturated carbocycles. The second-order valence-electron chi connectivity index (χ2n) is 6.78. The van der Waals surface area contributed by atoms with E-state index in [4.69, 9.17) is 0 Å². The summed E-state index contributed by atoms with van der Waals surface area (Å²) in [6, 6.07) is 0.181. The van der Waals surface area contributed by atoms with Crippen molar-refractivity contribution in [2.24, 2.45) is 5.92 Å². The van der Waals surface area contributed by atoms with Gasteiger partial charge in [-0.05, 0) is 45.7 Å². The van der Waals surface area contributed by atoms with E-state index < -0.39 is 0 Å². The highest BCUT2D eigenvalue weighted by Gasteiger charge is 2.23. The first-order valence-corrected chi connectivity index (χ1v) is 8.55. The third-order valence-electron chi connectivity index (χ3n) is 4.47. The standard InChI is InChI=1S/C16H30N4O2.2ClH/c1-13(2)18-15(21)12-19-7-9-20(10-8-19)16(22)4-3-14-5-6-17-11-14;;/h13-14,17H,3-12H2,1-2H3,(H,18,21);2*1H. The van der Waals surface area contributed by atoms with Crippen molar-refractivity contribution in [1.29, 1.82) is 0 Å². The van der Waals surface area contributed by atoms with Crippen molar-refractivity contribution in [3.05, 3.63) is 0 Å². The van der Waals surface area contributed by atoms with Crippen LogP contribution in [0.2, 0.25) is 0 Å². The molecule has 0 aromatic rings. The molecule has 1 unspecified atom stereocenters. The molecule has 6 nitrogen and oxygen atoms in total. The van der Waals surface area contributed by atoms with Crippen LogP contribution >= 0.6 is 24.8 Å². The monoisotopic (exact) mass is 382 g/mol. The Hall–Kier alpha value is -0.560. The Morgan fingerprint density at radius 2 is 1.83 bits per heavy atom. The van der Waals surface area contributed by atoms with Crippen molar-refractivity contribution in [2.75, 3.05) is 45.8 Å². The fourth-order valence-electron chi connectivity index (χ4n) is 3.17. The fourth-order valence-corrected chi connectivity index (χ4v) is 3.17. The van der Waals surface area contributed by atoms with Gasteiger partial charge in [0.15, 0.2) is 0 Å². The van der Waals surface area contributed by atoms with Gasteiger partial charge < -0.3 is 15.5 Å². The highest BCUT2D eigenvalue weighted by Crippen LogP contribution is 2.15. The number of hydrogen-bond acceptors (Lipinski definition) is 4. The number of halogens is 2. The van der Waals surface area contributed by atoms with Gasteiger partial charge in [0.25, 0.3) is 0 Å². The van der Waals surface area contributed by atoms with Gasteiger partial charge in [-0.2, -0.15) is 0 Å². The van der Waals surface area contributed by atoms with Crippen LogP contribution in [0.3, 0.4) is 0 Å². The smallest absolute Gasteiger partial charge is 0.234 e. The number of carbonyl (C=O) groups is 2. The number of amides is 2. The Bertz CT molecular complexity index is 382. The molecule has 2 aliphatic heterocycles. The Morgan fingerprint density at radius 3 is 2.38 bits per heavy atom. The van der Waals surface area contributed by atoms with Crippen molar-refractivity contribution in [3.8, 4) is 0 Å². The van der Waals surface area contributed by atoms with Crippen molar-refractivity contribution >= 4 is 36.6 Å². The molecule has 0 aliphatic carbocycles. The molecular weight excluding hydrogens is 351 g/mol. The van der Waals surface area contributed by atoms with Crippen molar-refractivity contribution in [3.63, 3.8) is 0 Å². The Labute approximate surface area is 157 Å². The maximum atomic E-state index is 12.2. The second-order valence-corrected chi connectivity index (χ2v) is 6.78. The molecule has 142 valence electrons. The summed E-state index contributed by atoms with van der Waals surface area (Å²) in [6.45, 7) is 9.61. The van der Waals surface area contributed by atoms with Crippen LogP contribution in [0.1, 0.15) is 33.1 Å². The van der Waals surface area contributed by atoms with E-state index >= 15 is 0 Å². The van der Waals surface area contributed by atoms with Crippen LogP contribution in [-0.2, 0) is 9.59 Å². The third-order valence-corrected chi connectivity index (χ3v) is 4.47. The molecular formula is C16H32Cl2N4O2. The predicted molar refractivity (Wildman–Crippen MR) is 101 cm³/mol. The molecule has 2 heterocycles. The van der Waals surface area contributed by atoms with Crippen LogP contribution in [0, 0.1) is 5.92 Å². The molecule has 0 bridgehead atoms. The zero-order valence-electron chi connectivity index (χ0n) is 14.8. The summed E-state index contributed by atoms with van der Waals surface area (Å²) >= 11 is 0. The highest BCUT2D eigenvalue weighted by molar-refractivity contribution is 5.85. The van der Waals surface area contributed by atoms with Crippen LogP contribution in [-0.4, -0.2) is 73.5 Å². The summed E-state index contributed by atoms with van der Waals surface area (Å²) in [7, 11) is 0. The molecule has 24 heavy (non-hydrogen) atoms. The van der Waals surface area contributed by atoms with Crippen LogP contribution < -0.4 is 10.6 Å². The Morgan fingerprint density at radius 1 is 1.17 bits per heavy atom. The number of nitrogens with zero attached hydrogens (tertiary/aromatic N) is 2. The average molecular weight is 383 g/mol. The molecule has 2 rings (SSSR count). The first-order chi connectivity index (χ1) is 10.5. The van der Waals surface area contributed by atoms with Gasteiger partial charge in [-0.1, -0.05) is 0 Å². The molecule has 8 heteroatoms. The summed E-state index contributed by atoms with van der Waals surface area (Å²) in [6.07, 6.45) is 2.87. The van der Waals surface area contributed by atoms with Gasteiger partial charge in [0.05, 0.1) is 6.54 Å². The average Bonchev–Trinajstić information content (AvgIpc) is 2.98.